The number of ether oxygens (including phenoxy) is 2. The van der Waals surface area contributed by atoms with E-state index in [2.05, 4.69) is 183 Å². The molecule has 28 heteroatoms. The van der Waals surface area contributed by atoms with Crippen molar-refractivity contribution in [3.63, 3.8) is 0 Å². The molecule has 6 aromatic rings. The van der Waals surface area contributed by atoms with Gasteiger partial charge >= 0.3 is 0 Å². The molecule has 14 unspecified atom stereocenters. The Kier molecular flexibility index (Phi) is 33.3. The summed E-state index contributed by atoms with van der Waals surface area (Å²) in [5.41, 5.74) is 7.05. The molecular weight excluding hydrogens is 1970 g/mol. The zero-order valence-electron chi connectivity index (χ0n) is 96.1. The molecule has 22 nitrogen and oxygen atoms in total. The summed E-state index contributed by atoms with van der Waals surface area (Å²) < 4.78 is 168. The van der Waals surface area contributed by atoms with Crippen LogP contribution < -0.4 is 0 Å². The minimum Gasteiger partial charge on any atom is -0.619 e. The molecule has 0 aromatic heterocycles. The normalized spacial score (nSPS) is 30.3. The Hall–Kier alpha value is -5.80. The van der Waals surface area contributed by atoms with Gasteiger partial charge in [-0.05, 0) is 353 Å². The summed E-state index contributed by atoms with van der Waals surface area (Å²) in [5, 5.41) is 21.6. The minimum absolute atomic E-state index is 0.0209. The van der Waals surface area contributed by atoms with Crippen LogP contribution in [-0.2, 0) is 91.3 Å². The molecule has 18 rings (SSSR count). The molecular formula is C120H185N7O15S6. The van der Waals surface area contributed by atoms with Gasteiger partial charge in [0.2, 0.25) is 55.8 Å². The highest BCUT2D eigenvalue weighted by atomic mass is 32.2. The van der Waals surface area contributed by atoms with E-state index in [0.29, 0.717) is 86.2 Å². The van der Waals surface area contributed by atoms with E-state index in [1.54, 1.807) is 122 Å². The summed E-state index contributed by atoms with van der Waals surface area (Å²) >= 11 is 0. The second-order valence-corrected chi connectivity index (χ2v) is 68.2. The average Bonchev–Trinajstić information content (AvgIpc) is 1.58. The third-order valence-corrected chi connectivity index (χ3v) is 47.9. The van der Waals surface area contributed by atoms with Gasteiger partial charge in [-0.15, -0.1) is 0 Å². The lowest BCUT2D eigenvalue weighted by atomic mass is 9.65. The summed E-state index contributed by atoms with van der Waals surface area (Å²) in [6.07, 6.45) is 19.4. The van der Waals surface area contributed by atoms with Crippen LogP contribution in [0.2, 0.25) is 0 Å². The number of hydrogen-bond acceptors (Lipinski definition) is 15. The van der Waals surface area contributed by atoms with Crippen LogP contribution in [-0.4, -0.2) is 184 Å². The lowest BCUT2D eigenvalue weighted by molar-refractivity contribution is -0.350. The quantitative estimate of drug-likeness (QED) is 0.0205. The molecule has 148 heavy (non-hydrogen) atoms. The number of benzene rings is 6. The highest BCUT2D eigenvalue weighted by Gasteiger charge is 2.60. The fourth-order valence-electron chi connectivity index (χ4n) is 29.9. The minimum atomic E-state index is -3.61. The fourth-order valence-corrected chi connectivity index (χ4v) is 40.6. The highest BCUT2D eigenvalue weighted by molar-refractivity contribution is 7.98. The molecule has 0 spiro atoms. The molecule has 826 valence electrons. The van der Waals surface area contributed by atoms with E-state index in [9.17, 15) is 56.6 Å². The Balaban J connectivity index is 0.000000148. The Bertz CT molecular complexity index is 6400. The van der Waals surface area contributed by atoms with Gasteiger partial charge < -0.3 is 19.8 Å². The van der Waals surface area contributed by atoms with Crippen molar-refractivity contribution in [2.24, 2.45) is 70.9 Å². The van der Waals surface area contributed by atoms with Crippen molar-refractivity contribution >= 4 is 78.1 Å². The Morgan fingerprint density at radius 1 is 0.385 bits per heavy atom. The van der Waals surface area contributed by atoms with Crippen LogP contribution in [0.4, 0.5) is 5.69 Å². The van der Waals surface area contributed by atoms with Gasteiger partial charge in [0, 0.05) is 106 Å². The number of sulfonamides is 5. The molecule has 6 saturated carbocycles. The molecule has 14 atom stereocenters. The van der Waals surface area contributed by atoms with Crippen LogP contribution in [0.15, 0.2) is 169 Å². The first-order valence-corrected chi connectivity index (χ1v) is 63.4. The standard InChI is InChI=1S/3C21H33NO2S.C20H31NO3S.C19H29NO3S.C18H26N2O3S/c1-19(2)14-21(5)12-17(19)13-22(15-21)25(7,23)18-10-8-16(9-11-18)20(3,4)24-6;2*1-7-20(4,5)16-8-10-18(11-9-16)25(23,24)22-15-21(6)13-17(22)12-19(2,3)14-21;1-6-24-15(2)16-7-9-18(10-8-16)25(22,23)21-14-20(5)12-17(21)11-19(3,4)13-20;1-17(2)10-15-11-19(5,12-17)13-20(15)24(22,23)16-8-6-14(7-9-16)18(3,4)21;1-13-6-7-15(8-16(13)19(5)21)24(22,23)20-12-18(4)10-14(20)9-17(2,3)11-18/h3*8-11,17H,7,12-15H2,1-6H3;7-10,15,17H,6,11-14H2,1-5H3;6-9,15,21H,10-13H2,1-5H3;6-8,14H,5,9-12H2,1-4H3. The van der Waals surface area contributed by atoms with Crippen molar-refractivity contribution in [3.05, 3.63) is 178 Å². The summed E-state index contributed by atoms with van der Waals surface area (Å²) in [7, 11) is -18.1. The maximum atomic E-state index is 13.6. The Morgan fingerprint density at radius 3 is 0.932 bits per heavy atom. The second-order valence-electron chi connectivity index (χ2n) is 56.5. The Labute approximate surface area is 895 Å². The lowest BCUT2D eigenvalue weighted by Gasteiger charge is -2.40. The van der Waals surface area contributed by atoms with E-state index in [4.69, 9.17) is 9.47 Å². The van der Waals surface area contributed by atoms with E-state index in [-0.39, 0.29) is 117 Å². The van der Waals surface area contributed by atoms with Gasteiger partial charge in [0.05, 0.1) is 51.5 Å². The zero-order chi connectivity index (χ0) is 110. The van der Waals surface area contributed by atoms with Gasteiger partial charge in [-0.25, -0.2) is 50.6 Å². The van der Waals surface area contributed by atoms with Crippen molar-refractivity contribution in [2.75, 3.05) is 59.5 Å². The number of methoxy groups -OCH3 is 1. The van der Waals surface area contributed by atoms with Crippen molar-refractivity contribution in [1.29, 1.82) is 0 Å². The molecule has 6 aromatic carbocycles. The average molecular weight is 2160 g/mol. The zero-order valence-corrected chi connectivity index (χ0v) is 101. The fraction of sp³-hybridized carbons (Fsp3) is 0.683. The first kappa shape index (κ1) is 119. The Morgan fingerprint density at radius 2 is 0.655 bits per heavy atom. The van der Waals surface area contributed by atoms with E-state index in [1.807, 2.05) is 88.4 Å². The topological polar surface area (TPSA) is 272 Å². The third kappa shape index (κ3) is 25.8. The van der Waals surface area contributed by atoms with Crippen molar-refractivity contribution in [1.82, 2.24) is 25.8 Å². The van der Waals surface area contributed by atoms with Gasteiger partial charge in [-0.2, -0.15) is 26.3 Å². The van der Waals surface area contributed by atoms with Crippen LogP contribution in [0.3, 0.4) is 0 Å². The van der Waals surface area contributed by atoms with E-state index >= 15 is 0 Å². The summed E-state index contributed by atoms with van der Waals surface area (Å²) in [5.74, 6) is 4.77. The van der Waals surface area contributed by atoms with Crippen LogP contribution in [0.5, 0.6) is 0 Å². The molecule has 0 amide bonds. The first-order valence-electron chi connectivity index (χ1n) is 54.5. The molecule has 6 aliphatic carbocycles. The summed E-state index contributed by atoms with van der Waals surface area (Å²) in [6, 6.07) is 42.3. The predicted molar refractivity (Wildman–Crippen MR) is 603 cm³/mol. The number of fused-ring (bicyclic) bond motifs is 12. The van der Waals surface area contributed by atoms with E-state index in [0.717, 1.165) is 144 Å². The maximum Gasteiger partial charge on any atom is 0.243 e. The molecule has 6 saturated heterocycles. The number of piperidine rings is 1. The molecule has 0 radical (unpaired) electrons. The third-order valence-electron chi connectivity index (χ3n) is 36.2. The predicted octanol–water partition coefficient (Wildman–Crippen LogP) is 25.5. The molecule has 6 aliphatic heterocycles. The first-order chi connectivity index (χ1) is 67.5. The lowest BCUT2D eigenvalue weighted by Crippen LogP contribution is -2.45. The SMILES string of the molecule is C=S(=O)(c1ccc(C(C)(C)OC)cc1)N1CC2CC(C)(C1)CC2(C)C.C=[N+]([O-])c1cc(S(=O)(=O)N2CC3(C)CC2CC(C)(C)C3)ccc1C.CC1(C)CC2CC(C)(CN2S(=O)(=O)c2ccc(C(C)(C)O)cc2)C1.CCC(C)(C)c1ccc(S(=O)(=O)N2CC3(C)CC2CC(C)(C)C3)cc1.CCC(C)(C)c1ccc(S(=O)(=O)N2CC3(C)CC2CC(C)(C)C3)cc1.CCOC(C)c1ccc(S(=O)(=O)N2CC3(C)CC2CC(C)(C)C3)cc1. The summed E-state index contributed by atoms with van der Waals surface area (Å²) in [6.45, 7) is 75.9. The van der Waals surface area contributed by atoms with E-state index in [1.165, 1.54) is 30.0 Å². The second kappa shape index (κ2) is 41.3. The number of hydrogen-bond donors (Lipinski definition) is 1. The van der Waals surface area contributed by atoms with Crippen molar-refractivity contribution in [3.8, 4) is 0 Å². The molecule has 12 fully saturated rings. The number of nitrogens with zero attached hydrogens (tertiary/aromatic N) is 7. The van der Waals surface area contributed by atoms with Crippen molar-refractivity contribution < 1.29 is 65.6 Å². The van der Waals surface area contributed by atoms with E-state index < -0.39 is 65.4 Å². The smallest absolute Gasteiger partial charge is 0.243 e. The number of aryl methyl sites for hydroxylation is 1. The molecule has 12 bridgehead atoms. The van der Waals surface area contributed by atoms with Gasteiger partial charge in [0.15, 0.2) is 0 Å². The molecule has 1 N–H and O–H groups in total. The van der Waals surface area contributed by atoms with Crippen LogP contribution in [0.1, 0.15) is 369 Å². The largest absolute Gasteiger partial charge is 0.619 e. The van der Waals surface area contributed by atoms with Gasteiger partial charge in [-0.3, -0.25) is 0 Å². The van der Waals surface area contributed by atoms with Crippen LogP contribution >= 0.6 is 0 Å². The molecule has 6 heterocycles. The van der Waals surface area contributed by atoms with Crippen LogP contribution in [0, 0.1) is 83.0 Å². The number of aliphatic hydroxyl groups is 1. The monoisotopic (exact) mass is 2160 g/mol. The van der Waals surface area contributed by atoms with Gasteiger partial charge in [0.25, 0.3) is 0 Å². The molecule has 12 aliphatic rings. The summed E-state index contributed by atoms with van der Waals surface area (Å²) in [4.78, 5) is 2.61. The number of rotatable bonds is 23. The van der Waals surface area contributed by atoms with Gasteiger partial charge in [-0.1, -0.05) is 233 Å². The highest BCUT2D eigenvalue weighted by Crippen LogP contribution is 2.62. The van der Waals surface area contributed by atoms with Crippen molar-refractivity contribution in [2.45, 2.75) is 424 Å². The van der Waals surface area contributed by atoms with Crippen LogP contribution in [0.25, 0.3) is 0 Å². The maximum absolute atomic E-state index is 13.6. The van der Waals surface area contributed by atoms with Gasteiger partial charge in [0.1, 0.15) is 6.72 Å².